The van der Waals surface area contributed by atoms with Crippen LogP contribution in [0.3, 0.4) is 0 Å². The third-order valence-electron chi connectivity index (χ3n) is 3.77. The van der Waals surface area contributed by atoms with Gasteiger partial charge in [0.25, 0.3) is 0 Å². The van der Waals surface area contributed by atoms with Crippen LogP contribution in [0.5, 0.6) is 0 Å². The van der Waals surface area contributed by atoms with Crippen molar-refractivity contribution in [3.05, 3.63) is 0 Å². The lowest BCUT2D eigenvalue weighted by atomic mass is 9.87. The van der Waals surface area contributed by atoms with Crippen LogP contribution < -0.4 is 5.32 Å². The minimum Gasteiger partial charge on any atom is -0.396 e. The molecule has 0 saturated carbocycles. The van der Waals surface area contributed by atoms with Crippen LogP contribution in [0.25, 0.3) is 0 Å². The number of nitrogens with one attached hydrogen (secondary N) is 1. The summed E-state index contributed by atoms with van der Waals surface area (Å²) in [5.74, 6) is 0.822. The zero-order valence-electron chi connectivity index (χ0n) is 11.8. The minimum absolute atomic E-state index is 0.309. The Hall–Kier alpha value is -0.120. The molecule has 0 radical (unpaired) electrons. The van der Waals surface area contributed by atoms with E-state index in [9.17, 15) is 0 Å². The van der Waals surface area contributed by atoms with Crippen molar-refractivity contribution in [3.63, 3.8) is 0 Å². The Balaban J connectivity index is 2.13. The maximum atomic E-state index is 8.86. The van der Waals surface area contributed by atoms with Crippen molar-refractivity contribution in [3.8, 4) is 0 Å². The molecule has 0 aromatic carbocycles. The summed E-state index contributed by atoms with van der Waals surface area (Å²) in [6.45, 7) is 9.59. The Bertz CT molecular complexity index is 206. The van der Waals surface area contributed by atoms with Crippen molar-refractivity contribution in [2.24, 2.45) is 11.3 Å². The molecule has 1 aliphatic heterocycles. The molecule has 3 nitrogen and oxygen atoms in total. The standard InChI is InChI=1S/C14H30N2O/c1-14(2,7-5-9-17)12-15-10-13-6-4-8-16(3)11-13/h13,15,17H,4-12H2,1-3H3. The maximum absolute atomic E-state index is 8.86. The first kappa shape index (κ1) is 14.9. The van der Waals surface area contributed by atoms with Crippen molar-refractivity contribution in [1.82, 2.24) is 10.2 Å². The fourth-order valence-electron chi connectivity index (χ4n) is 2.70. The van der Waals surface area contributed by atoms with E-state index in [2.05, 4.69) is 31.1 Å². The Morgan fingerprint density at radius 1 is 1.41 bits per heavy atom. The van der Waals surface area contributed by atoms with Crippen LogP contribution >= 0.6 is 0 Å². The van der Waals surface area contributed by atoms with E-state index in [1.54, 1.807) is 0 Å². The second-order valence-corrected chi connectivity index (χ2v) is 6.39. The lowest BCUT2D eigenvalue weighted by Crippen LogP contribution is -2.39. The van der Waals surface area contributed by atoms with E-state index >= 15 is 0 Å². The zero-order valence-corrected chi connectivity index (χ0v) is 11.8. The van der Waals surface area contributed by atoms with Crippen LogP contribution in [-0.2, 0) is 0 Å². The van der Waals surface area contributed by atoms with Gasteiger partial charge < -0.3 is 15.3 Å². The molecule has 17 heavy (non-hydrogen) atoms. The maximum Gasteiger partial charge on any atom is 0.0431 e. The molecule has 0 amide bonds. The smallest absolute Gasteiger partial charge is 0.0431 e. The van der Waals surface area contributed by atoms with E-state index in [0.29, 0.717) is 12.0 Å². The second-order valence-electron chi connectivity index (χ2n) is 6.39. The molecule has 1 saturated heterocycles. The fourth-order valence-corrected chi connectivity index (χ4v) is 2.70. The van der Waals surface area contributed by atoms with Gasteiger partial charge in [0.2, 0.25) is 0 Å². The van der Waals surface area contributed by atoms with E-state index in [0.717, 1.165) is 31.8 Å². The molecule has 1 rings (SSSR count). The molecule has 1 fully saturated rings. The number of nitrogens with zero attached hydrogens (tertiary/aromatic N) is 1. The Labute approximate surface area is 107 Å². The summed E-state index contributed by atoms with van der Waals surface area (Å²) in [5, 5.41) is 12.5. The summed E-state index contributed by atoms with van der Waals surface area (Å²) in [6, 6.07) is 0. The predicted molar refractivity (Wildman–Crippen MR) is 73.2 cm³/mol. The van der Waals surface area contributed by atoms with Crippen LogP contribution in [0.15, 0.2) is 0 Å². The summed E-state index contributed by atoms with van der Waals surface area (Å²) >= 11 is 0. The van der Waals surface area contributed by atoms with Gasteiger partial charge in [0.05, 0.1) is 0 Å². The number of rotatable bonds is 7. The predicted octanol–water partition coefficient (Wildman–Crippen LogP) is 1.72. The van der Waals surface area contributed by atoms with Gasteiger partial charge in [-0.1, -0.05) is 13.8 Å². The van der Waals surface area contributed by atoms with E-state index < -0.39 is 0 Å². The number of hydrogen-bond donors (Lipinski definition) is 2. The van der Waals surface area contributed by atoms with Gasteiger partial charge in [0.15, 0.2) is 0 Å². The topological polar surface area (TPSA) is 35.5 Å². The minimum atomic E-state index is 0.309. The molecule has 1 atom stereocenters. The number of aliphatic hydroxyl groups excluding tert-OH is 1. The average Bonchev–Trinajstić information content (AvgIpc) is 2.26. The highest BCUT2D eigenvalue weighted by Crippen LogP contribution is 2.21. The molecule has 2 N–H and O–H groups in total. The molecule has 1 aliphatic rings. The van der Waals surface area contributed by atoms with Crippen molar-refractivity contribution < 1.29 is 5.11 Å². The van der Waals surface area contributed by atoms with E-state index in [-0.39, 0.29) is 0 Å². The van der Waals surface area contributed by atoms with Crippen LogP contribution in [0.4, 0.5) is 0 Å². The van der Waals surface area contributed by atoms with E-state index in [1.807, 2.05) is 0 Å². The number of piperidine rings is 1. The number of aliphatic hydroxyl groups is 1. The van der Waals surface area contributed by atoms with Crippen molar-refractivity contribution in [1.29, 1.82) is 0 Å². The molecule has 1 heterocycles. The van der Waals surface area contributed by atoms with Crippen LogP contribution in [-0.4, -0.2) is 49.8 Å². The summed E-state index contributed by atoms with van der Waals surface area (Å²) < 4.78 is 0. The molecule has 0 aromatic heterocycles. The van der Waals surface area contributed by atoms with Crippen LogP contribution in [0.1, 0.15) is 39.5 Å². The van der Waals surface area contributed by atoms with Gasteiger partial charge in [0, 0.05) is 19.7 Å². The molecule has 0 bridgehead atoms. The lowest BCUT2D eigenvalue weighted by molar-refractivity contribution is 0.195. The Morgan fingerprint density at radius 2 is 2.18 bits per heavy atom. The first-order chi connectivity index (χ1) is 8.03. The van der Waals surface area contributed by atoms with Crippen molar-refractivity contribution in [2.45, 2.75) is 39.5 Å². The molecule has 0 spiro atoms. The molecule has 102 valence electrons. The first-order valence-corrected chi connectivity index (χ1v) is 7.03. The van der Waals surface area contributed by atoms with Crippen LogP contribution in [0.2, 0.25) is 0 Å². The van der Waals surface area contributed by atoms with Crippen LogP contribution in [0, 0.1) is 11.3 Å². The highest BCUT2D eigenvalue weighted by Gasteiger charge is 2.20. The van der Waals surface area contributed by atoms with Crippen molar-refractivity contribution >= 4 is 0 Å². The van der Waals surface area contributed by atoms with Gasteiger partial charge in [-0.05, 0) is 57.2 Å². The zero-order chi connectivity index (χ0) is 12.7. The first-order valence-electron chi connectivity index (χ1n) is 7.03. The number of hydrogen-bond acceptors (Lipinski definition) is 3. The highest BCUT2D eigenvalue weighted by atomic mass is 16.2. The second kappa shape index (κ2) is 7.34. The lowest BCUT2D eigenvalue weighted by Gasteiger charge is -2.31. The van der Waals surface area contributed by atoms with E-state index in [1.165, 1.54) is 25.9 Å². The summed E-state index contributed by atoms with van der Waals surface area (Å²) in [4.78, 5) is 2.44. The van der Waals surface area contributed by atoms with E-state index in [4.69, 9.17) is 5.11 Å². The molecule has 3 heteroatoms. The Kier molecular flexibility index (Phi) is 6.45. The molecular weight excluding hydrogens is 212 g/mol. The summed E-state index contributed by atoms with van der Waals surface area (Å²) in [5.41, 5.74) is 0.309. The molecule has 1 unspecified atom stereocenters. The third-order valence-corrected chi connectivity index (χ3v) is 3.77. The van der Waals surface area contributed by atoms with Gasteiger partial charge in [-0.3, -0.25) is 0 Å². The Morgan fingerprint density at radius 3 is 2.82 bits per heavy atom. The molecule has 0 aliphatic carbocycles. The quantitative estimate of drug-likeness (QED) is 0.713. The SMILES string of the molecule is CN1CCCC(CNCC(C)(C)CCCO)C1. The average molecular weight is 242 g/mol. The highest BCUT2D eigenvalue weighted by molar-refractivity contribution is 4.76. The third kappa shape index (κ3) is 6.39. The van der Waals surface area contributed by atoms with Gasteiger partial charge in [-0.15, -0.1) is 0 Å². The van der Waals surface area contributed by atoms with Gasteiger partial charge in [0.1, 0.15) is 0 Å². The summed E-state index contributed by atoms with van der Waals surface area (Å²) in [7, 11) is 2.22. The molecular formula is C14H30N2O. The van der Waals surface area contributed by atoms with Crippen molar-refractivity contribution in [2.75, 3.05) is 39.8 Å². The largest absolute Gasteiger partial charge is 0.396 e. The number of likely N-dealkylation sites (tertiary alicyclic amines) is 1. The summed E-state index contributed by atoms with van der Waals surface area (Å²) in [6.07, 6.45) is 4.73. The normalized spacial score (nSPS) is 22.9. The van der Waals surface area contributed by atoms with Gasteiger partial charge in [-0.2, -0.15) is 0 Å². The van der Waals surface area contributed by atoms with Gasteiger partial charge in [-0.25, -0.2) is 0 Å². The molecule has 0 aromatic rings. The fraction of sp³-hybridized carbons (Fsp3) is 1.00. The van der Waals surface area contributed by atoms with Gasteiger partial charge >= 0.3 is 0 Å². The monoisotopic (exact) mass is 242 g/mol.